The molecule has 4 rings (SSSR count). The fourth-order valence-corrected chi connectivity index (χ4v) is 4.85. The van der Waals surface area contributed by atoms with E-state index in [4.69, 9.17) is 15.8 Å². The smallest absolute Gasteiger partial charge is 0.339 e. The second-order valence-electron chi connectivity index (χ2n) is 7.37. The molecule has 0 aliphatic carbocycles. The Hall–Kier alpha value is -3.47. The quantitative estimate of drug-likeness (QED) is 0.265. The van der Waals surface area contributed by atoms with Crippen molar-refractivity contribution in [1.82, 2.24) is 5.32 Å². The number of barbiturate groups is 1. The lowest BCUT2D eigenvalue weighted by Gasteiger charge is -2.27. The predicted molar refractivity (Wildman–Crippen MR) is 134 cm³/mol. The van der Waals surface area contributed by atoms with Crippen LogP contribution in [0, 0.1) is 6.92 Å². The molecule has 0 spiro atoms. The molecule has 1 aliphatic heterocycles. The zero-order valence-electron chi connectivity index (χ0n) is 18.0. The molecule has 1 aliphatic rings. The average molecular weight is 576 g/mol. The van der Waals surface area contributed by atoms with Gasteiger partial charge in [0.2, 0.25) is 0 Å². The summed E-state index contributed by atoms with van der Waals surface area (Å²) in [6.45, 7) is 1.63. The number of hydrogen-bond donors (Lipinski definition) is 1. The number of carbonyl (C=O) groups is 3. The number of halogens is 2. The largest absolute Gasteiger partial charge is 0.378 e. The zero-order chi connectivity index (χ0) is 25.3. The monoisotopic (exact) mass is 574 g/mol. The first-order valence-corrected chi connectivity index (χ1v) is 12.6. The highest BCUT2D eigenvalue weighted by Gasteiger charge is 2.38. The molecule has 1 N–H and O–H groups in total. The number of nitrogens with zero attached hydrogens (tertiary/aromatic N) is 1. The maximum Gasteiger partial charge on any atom is 0.339 e. The number of amides is 4. The van der Waals surface area contributed by atoms with Crippen LogP contribution in [-0.2, 0) is 19.7 Å². The van der Waals surface area contributed by atoms with E-state index in [2.05, 4.69) is 21.2 Å². The summed E-state index contributed by atoms with van der Waals surface area (Å²) < 4.78 is 31.3. The summed E-state index contributed by atoms with van der Waals surface area (Å²) in [5, 5.41) is 2.46. The van der Waals surface area contributed by atoms with E-state index in [9.17, 15) is 22.8 Å². The molecule has 178 valence electrons. The molecule has 3 aromatic rings. The summed E-state index contributed by atoms with van der Waals surface area (Å²) in [4.78, 5) is 39.2. The molecule has 35 heavy (non-hydrogen) atoms. The Morgan fingerprint density at radius 3 is 2.43 bits per heavy atom. The van der Waals surface area contributed by atoms with Gasteiger partial charge in [0.05, 0.1) is 5.69 Å². The molecule has 0 radical (unpaired) electrons. The first-order valence-electron chi connectivity index (χ1n) is 10.0. The third kappa shape index (κ3) is 5.00. The van der Waals surface area contributed by atoms with Crippen molar-refractivity contribution in [3.05, 3.63) is 92.9 Å². The Morgan fingerprint density at radius 2 is 1.71 bits per heavy atom. The van der Waals surface area contributed by atoms with Gasteiger partial charge in [0.1, 0.15) is 16.2 Å². The van der Waals surface area contributed by atoms with Gasteiger partial charge >= 0.3 is 16.1 Å². The van der Waals surface area contributed by atoms with Gasteiger partial charge in [-0.15, -0.1) is 0 Å². The Bertz CT molecular complexity index is 1510. The van der Waals surface area contributed by atoms with E-state index in [1.165, 1.54) is 30.3 Å². The van der Waals surface area contributed by atoms with Gasteiger partial charge in [0, 0.05) is 15.1 Å². The van der Waals surface area contributed by atoms with Crippen LogP contribution in [0.4, 0.5) is 10.5 Å². The van der Waals surface area contributed by atoms with Crippen molar-refractivity contribution in [3.8, 4) is 5.75 Å². The molecule has 1 saturated heterocycles. The highest BCUT2D eigenvalue weighted by Crippen LogP contribution is 2.32. The summed E-state index contributed by atoms with van der Waals surface area (Å²) in [5.41, 5.74) is 0.390. The van der Waals surface area contributed by atoms with Crippen molar-refractivity contribution in [2.75, 3.05) is 4.90 Å². The summed E-state index contributed by atoms with van der Waals surface area (Å²) >= 11 is 9.44. The van der Waals surface area contributed by atoms with Crippen molar-refractivity contribution in [2.24, 2.45) is 0 Å². The predicted octanol–water partition coefficient (Wildman–Crippen LogP) is 4.85. The first-order chi connectivity index (χ1) is 16.6. The molecule has 0 atom stereocenters. The lowest BCUT2D eigenvalue weighted by atomic mass is 10.1. The number of carbonyl (C=O) groups excluding carboxylic acids is 3. The average Bonchev–Trinajstić information content (AvgIpc) is 2.81. The van der Waals surface area contributed by atoms with Crippen molar-refractivity contribution >= 4 is 67.3 Å². The van der Waals surface area contributed by atoms with Crippen LogP contribution in [0.5, 0.6) is 5.75 Å². The van der Waals surface area contributed by atoms with Gasteiger partial charge in [0.25, 0.3) is 11.8 Å². The van der Waals surface area contributed by atoms with Gasteiger partial charge < -0.3 is 4.18 Å². The van der Waals surface area contributed by atoms with Crippen LogP contribution in [0.25, 0.3) is 6.08 Å². The first kappa shape index (κ1) is 24.6. The topological polar surface area (TPSA) is 110 Å². The third-order valence-corrected chi connectivity index (χ3v) is 7.24. The summed E-state index contributed by atoms with van der Waals surface area (Å²) in [5.74, 6) is -1.96. The van der Waals surface area contributed by atoms with Crippen molar-refractivity contribution in [3.63, 3.8) is 0 Å². The van der Waals surface area contributed by atoms with Crippen LogP contribution in [0.3, 0.4) is 0 Å². The van der Waals surface area contributed by atoms with Crippen LogP contribution in [0.1, 0.15) is 11.1 Å². The molecule has 1 fully saturated rings. The van der Waals surface area contributed by atoms with E-state index in [0.29, 0.717) is 15.1 Å². The fraction of sp³-hybridized carbons (Fsp3) is 0.0417. The van der Waals surface area contributed by atoms with Crippen molar-refractivity contribution in [1.29, 1.82) is 0 Å². The maximum absolute atomic E-state index is 13.3. The fourth-order valence-electron chi connectivity index (χ4n) is 3.33. The number of nitrogens with one attached hydrogen (secondary N) is 1. The second-order valence-corrected chi connectivity index (χ2v) is 10.2. The second kappa shape index (κ2) is 9.65. The third-order valence-electron chi connectivity index (χ3n) is 5.08. The van der Waals surface area contributed by atoms with Gasteiger partial charge in [-0.1, -0.05) is 51.8 Å². The molecule has 3 aromatic carbocycles. The standard InChI is InChI=1S/C24H16BrClN2O6S/c1-14-19(26)8-5-9-20(14)28-23(30)18(22(29)27-24(28)31)13-15-12-16(25)10-11-21(15)34-35(32,33)17-6-3-2-4-7-17/h2-13H,1H3,(H,27,29,31)/b18-13+. The molecule has 0 saturated carbocycles. The number of anilines is 1. The van der Waals surface area contributed by atoms with E-state index < -0.39 is 33.5 Å². The summed E-state index contributed by atoms with van der Waals surface area (Å²) in [7, 11) is -4.20. The number of rotatable bonds is 5. The minimum absolute atomic E-state index is 0.0683. The lowest BCUT2D eigenvalue weighted by molar-refractivity contribution is -0.122. The van der Waals surface area contributed by atoms with Crippen LogP contribution >= 0.6 is 27.5 Å². The van der Waals surface area contributed by atoms with E-state index in [0.717, 1.165) is 11.0 Å². The van der Waals surface area contributed by atoms with Crippen LogP contribution in [0.2, 0.25) is 5.02 Å². The Labute approximate surface area is 214 Å². The van der Waals surface area contributed by atoms with Gasteiger partial charge in [-0.05, 0) is 61.0 Å². The van der Waals surface area contributed by atoms with Crippen molar-refractivity contribution < 1.29 is 27.0 Å². The number of benzene rings is 3. The van der Waals surface area contributed by atoms with E-state index >= 15 is 0 Å². The molecule has 0 unspecified atom stereocenters. The lowest BCUT2D eigenvalue weighted by Crippen LogP contribution is -2.54. The minimum Gasteiger partial charge on any atom is -0.378 e. The number of hydrogen-bond acceptors (Lipinski definition) is 6. The van der Waals surface area contributed by atoms with Gasteiger partial charge in [-0.25, -0.2) is 9.69 Å². The minimum atomic E-state index is -4.20. The normalized spacial score (nSPS) is 15.3. The molecule has 11 heteroatoms. The van der Waals surface area contributed by atoms with E-state index in [-0.39, 0.29) is 21.9 Å². The molecule has 8 nitrogen and oxygen atoms in total. The van der Waals surface area contributed by atoms with Gasteiger partial charge in [-0.2, -0.15) is 8.42 Å². The molecular formula is C24H16BrClN2O6S. The van der Waals surface area contributed by atoms with E-state index in [1.807, 2.05) is 0 Å². The van der Waals surface area contributed by atoms with Gasteiger partial charge in [-0.3, -0.25) is 14.9 Å². The molecule has 4 amide bonds. The molecule has 1 heterocycles. The highest BCUT2D eigenvalue weighted by molar-refractivity contribution is 9.10. The SMILES string of the molecule is Cc1c(Cl)cccc1N1C(=O)NC(=O)/C(=C\c2cc(Br)ccc2OS(=O)(=O)c2ccccc2)C1=O. The zero-order valence-corrected chi connectivity index (χ0v) is 21.1. The Morgan fingerprint density at radius 1 is 1.00 bits per heavy atom. The summed E-state index contributed by atoms with van der Waals surface area (Å²) in [6, 6.07) is 15.7. The Balaban J connectivity index is 1.78. The van der Waals surface area contributed by atoms with E-state index in [1.54, 1.807) is 43.3 Å². The van der Waals surface area contributed by atoms with Crippen LogP contribution in [-0.4, -0.2) is 26.3 Å². The summed E-state index contributed by atoms with van der Waals surface area (Å²) in [6.07, 6.45) is 1.16. The number of urea groups is 1. The van der Waals surface area contributed by atoms with Crippen LogP contribution < -0.4 is 14.4 Å². The molecule has 0 aromatic heterocycles. The number of imide groups is 2. The molecule has 0 bridgehead atoms. The maximum atomic E-state index is 13.3. The van der Waals surface area contributed by atoms with Crippen LogP contribution in [0.15, 0.2) is 81.7 Å². The van der Waals surface area contributed by atoms with Gasteiger partial charge in [0.15, 0.2) is 0 Å². The molecular weight excluding hydrogens is 560 g/mol. The Kier molecular flexibility index (Phi) is 6.79. The van der Waals surface area contributed by atoms with Crippen molar-refractivity contribution in [2.45, 2.75) is 11.8 Å². The highest BCUT2D eigenvalue weighted by atomic mass is 79.9.